The molecule has 0 aliphatic heterocycles. The number of hydrogen-bond donors (Lipinski definition) is 1. The third-order valence-corrected chi connectivity index (χ3v) is 1.90. The lowest BCUT2D eigenvalue weighted by molar-refractivity contribution is -0.00860. The highest BCUT2D eigenvalue weighted by molar-refractivity contribution is 5.66. The van der Waals surface area contributed by atoms with E-state index in [1.807, 2.05) is 20.8 Å². The predicted octanol–water partition coefficient (Wildman–Crippen LogP) is 3.41. The summed E-state index contributed by atoms with van der Waals surface area (Å²) in [6.45, 7) is 8.18. The number of carbonyl (C=O) groups is 1. The molecule has 0 unspecified atom stereocenters. The van der Waals surface area contributed by atoms with Gasteiger partial charge in [-0.2, -0.15) is 5.48 Å². The Labute approximate surface area is 98.6 Å². The molecule has 0 aromatic heterocycles. The summed E-state index contributed by atoms with van der Waals surface area (Å²) in [6.07, 6.45) is 5.31. The largest absolute Gasteiger partial charge is 0.442 e. The summed E-state index contributed by atoms with van der Waals surface area (Å²) in [6, 6.07) is 0. The van der Waals surface area contributed by atoms with E-state index in [2.05, 4.69) is 12.4 Å². The van der Waals surface area contributed by atoms with Crippen LogP contribution in [0.4, 0.5) is 4.79 Å². The van der Waals surface area contributed by atoms with Crippen LogP contribution in [0, 0.1) is 0 Å². The number of unbranched alkanes of at least 4 members (excludes halogenated alkanes) is 4. The van der Waals surface area contributed by atoms with Gasteiger partial charge in [-0.05, 0) is 27.2 Å². The summed E-state index contributed by atoms with van der Waals surface area (Å²) < 4.78 is 5.01. The normalized spacial score (nSPS) is 11.2. The van der Waals surface area contributed by atoms with Crippen molar-refractivity contribution < 1.29 is 14.4 Å². The van der Waals surface area contributed by atoms with Crippen LogP contribution >= 0.6 is 0 Å². The number of carbonyl (C=O) groups excluding carboxylic acids is 1. The second-order valence-electron chi connectivity index (χ2n) is 4.87. The number of amides is 1. The van der Waals surface area contributed by atoms with Gasteiger partial charge >= 0.3 is 6.09 Å². The lowest BCUT2D eigenvalue weighted by Crippen LogP contribution is -2.32. The van der Waals surface area contributed by atoms with E-state index in [9.17, 15) is 4.79 Å². The first-order valence-electron chi connectivity index (χ1n) is 6.06. The molecule has 16 heavy (non-hydrogen) atoms. The Morgan fingerprint density at radius 1 is 1.12 bits per heavy atom. The van der Waals surface area contributed by atoms with Crippen LogP contribution in [0.5, 0.6) is 0 Å². The minimum atomic E-state index is -0.527. The summed E-state index contributed by atoms with van der Waals surface area (Å²) in [5, 5.41) is 0. The third kappa shape index (κ3) is 11.3. The molecular formula is C12H25NO3. The van der Waals surface area contributed by atoms with Gasteiger partial charge in [0.05, 0.1) is 6.61 Å². The van der Waals surface area contributed by atoms with Crippen molar-refractivity contribution in [3.8, 4) is 0 Å². The van der Waals surface area contributed by atoms with Gasteiger partial charge in [-0.15, -0.1) is 0 Å². The molecule has 1 N–H and O–H groups in total. The van der Waals surface area contributed by atoms with E-state index in [1.165, 1.54) is 19.3 Å². The van der Waals surface area contributed by atoms with Crippen molar-refractivity contribution >= 4 is 6.09 Å². The first-order chi connectivity index (χ1) is 7.45. The molecular weight excluding hydrogens is 206 g/mol. The summed E-state index contributed by atoms with van der Waals surface area (Å²) in [7, 11) is 0. The lowest BCUT2D eigenvalue weighted by atomic mass is 10.2. The van der Waals surface area contributed by atoms with Crippen molar-refractivity contribution in [2.45, 2.75) is 65.4 Å². The average molecular weight is 231 g/mol. The monoisotopic (exact) mass is 231 g/mol. The Kier molecular flexibility index (Phi) is 7.99. The molecule has 0 atom stereocenters. The Bertz CT molecular complexity index is 187. The summed E-state index contributed by atoms with van der Waals surface area (Å²) in [5.74, 6) is 0. The molecule has 0 aromatic carbocycles. The molecule has 4 heteroatoms. The van der Waals surface area contributed by atoms with Crippen LogP contribution in [0.3, 0.4) is 0 Å². The summed E-state index contributed by atoms with van der Waals surface area (Å²) in [4.78, 5) is 16.1. The highest BCUT2D eigenvalue weighted by atomic mass is 16.7. The average Bonchev–Trinajstić information content (AvgIpc) is 2.13. The second-order valence-corrected chi connectivity index (χ2v) is 4.87. The van der Waals surface area contributed by atoms with Gasteiger partial charge in [0, 0.05) is 0 Å². The molecule has 0 rings (SSSR count). The zero-order valence-electron chi connectivity index (χ0n) is 11.0. The number of nitrogens with one attached hydrogen (secondary N) is 1. The standard InChI is InChI=1S/C12H25NO3/c1-5-6-7-8-9-10-15-13-11(14)16-12(2,3)4/h5-10H2,1-4H3,(H,13,14). The van der Waals surface area contributed by atoms with E-state index < -0.39 is 11.7 Å². The van der Waals surface area contributed by atoms with Gasteiger partial charge in [-0.3, -0.25) is 4.84 Å². The van der Waals surface area contributed by atoms with E-state index in [1.54, 1.807) is 0 Å². The maximum atomic E-state index is 11.1. The van der Waals surface area contributed by atoms with Crippen LogP contribution in [-0.2, 0) is 9.57 Å². The lowest BCUT2D eigenvalue weighted by Gasteiger charge is -2.19. The van der Waals surface area contributed by atoms with Crippen LogP contribution < -0.4 is 5.48 Å². The molecule has 0 aliphatic carbocycles. The number of rotatable bonds is 7. The van der Waals surface area contributed by atoms with E-state index in [0.29, 0.717) is 6.61 Å². The third-order valence-electron chi connectivity index (χ3n) is 1.90. The van der Waals surface area contributed by atoms with Gasteiger partial charge in [0.15, 0.2) is 0 Å². The van der Waals surface area contributed by atoms with Gasteiger partial charge in [0.2, 0.25) is 0 Å². The zero-order valence-corrected chi connectivity index (χ0v) is 11.0. The van der Waals surface area contributed by atoms with E-state index in [-0.39, 0.29) is 0 Å². The minimum Gasteiger partial charge on any atom is -0.442 e. The fourth-order valence-corrected chi connectivity index (χ4v) is 1.19. The fourth-order valence-electron chi connectivity index (χ4n) is 1.19. The molecule has 0 aliphatic rings. The Hall–Kier alpha value is -0.770. The summed E-state index contributed by atoms with van der Waals surface area (Å²) in [5.41, 5.74) is 1.79. The number of ether oxygens (including phenoxy) is 1. The zero-order chi connectivity index (χ0) is 12.4. The number of hydrogen-bond acceptors (Lipinski definition) is 3. The summed E-state index contributed by atoms with van der Waals surface area (Å²) >= 11 is 0. The Morgan fingerprint density at radius 2 is 1.75 bits per heavy atom. The smallest absolute Gasteiger partial charge is 0.431 e. The van der Waals surface area contributed by atoms with Gasteiger partial charge < -0.3 is 4.74 Å². The van der Waals surface area contributed by atoms with Crippen LogP contribution in [0.25, 0.3) is 0 Å². The van der Waals surface area contributed by atoms with Crippen LogP contribution in [0.15, 0.2) is 0 Å². The molecule has 0 radical (unpaired) electrons. The van der Waals surface area contributed by atoms with Crippen molar-refractivity contribution in [1.29, 1.82) is 0 Å². The predicted molar refractivity (Wildman–Crippen MR) is 64.1 cm³/mol. The van der Waals surface area contributed by atoms with Gasteiger partial charge in [-0.1, -0.05) is 32.6 Å². The Morgan fingerprint density at radius 3 is 2.31 bits per heavy atom. The van der Waals surface area contributed by atoms with Gasteiger partial charge in [0.25, 0.3) is 0 Å². The van der Waals surface area contributed by atoms with Crippen LogP contribution in [0.2, 0.25) is 0 Å². The molecule has 0 spiro atoms. The van der Waals surface area contributed by atoms with Gasteiger partial charge in [0.1, 0.15) is 5.60 Å². The van der Waals surface area contributed by atoms with Crippen LogP contribution in [-0.4, -0.2) is 18.3 Å². The first kappa shape index (κ1) is 15.2. The van der Waals surface area contributed by atoms with Crippen LogP contribution in [0.1, 0.15) is 59.8 Å². The molecule has 96 valence electrons. The van der Waals surface area contributed by atoms with Gasteiger partial charge in [-0.25, -0.2) is 4.79 Å². The molecule has 0 saturated carbocycles. The van der Waals surface area contributed by atoms with E-state index >= 15 is 0 Å². The molecule has 0 saturated heterocycles. The van der Waals surface area contributed by atoms with E-state index in [4.69, 9.17) is 9.57 Å². The SMILES string of the molecule is CCCCCCCONC(=O)OC(C)(C)C. The first-order valence-corrected chi connectivity index (χ1v) is 6.06. The maximum absolute atomic E-state index is 11.1. The fraction of sp³-hybridized carbons (Fsp3) is 0.917. The molecule has 1 amide bonds. The number of hydroxylamine groups is 1. The highest BCUT2D eigenvalue weighted by Crippen LogP contribution is 2.06. The Balaban J connectivity index is 3.28. The van der Waals surface area contributed by atoms with Crippen molar-refractivity contribution in [1.82, 2.24) is 5.48 Å². The van der Waals surface area contributed by atoms with Crippen molar-refractivity contribution in [2.75, 3.05) is 6.61 Å². The highest BCUT2D eigenvalue weighted by Gasteiger charge is 2.15. The van der Waals surface area contributed by atoms with Crippen molar-refractivity contribution in [3.63, 3.8) is 0 Å². The second kappa shape index (κ2) is 8.39. The topological polar surface area (TPSA) is 47.6 Å². The van der Waals surface area contributed by atoms with Crippen molar-refractivity contribution in [2.24, 2.45) is 0 Å². The molecule has 4 nitrogen and oxygen atoms in total. The molecule has 0 aromatic rings. The van der Waals surface area contributed by atoms with E-state index in [0.717, 1.165) is 12.8 Å². The minimum absolute atomic E-state index is 0.478. The maximum Gasteiger partial charge on any atom is 0.431 e. The quantitative estimate of drug-likeness (QED) is 0.539. The molecule has 0 heterocycles. The van der Waals surface area contributed by atoms with Crippen molar-refractivity contribution in [3.05, 3.63) is 0 Å². The molecule has 0 fully saturated rings. The molecule has 0 bridgehead atoms.